The molecule has 0 atom stereocenters. The summed E-state index contributed by atoms with van der Waals surface area (Å²) in [4.78, 5) is 0.696. The van der Waals surface area contributed by atoms with Crippen molar-refractivity contribution in [2.75, 3.05) is 0 Å². The maximum Gasteiger partial charge on any atom is 0.249 e. The van der Waals surface area contributed by atoms with Crippen LogP contribution in [0.5, 0.6) is 0 Å². The van der Waals surface area contributed by atoms with Crippen molar-refractivity contribution in [1.82, 2.24) is 0 Å². The van der Waals surface area contributed by atoms with Crippen LogP contribution < -0.4 is 0 Å². The number of hydrogen-bond acceptors (Lipinski definition) is 1. The Bertz CT molecular complexity index is 783. The predicted molar refractivity (Wildman–Crippen MR) is 103 cm³/mol. The van der Waals surface area contributed by atoms with E-state index in [1.807, 2.05) is 51.1 Å². The van der Waals surface area contributed by atoms with Gasteiger partial charge in [0.25, 0.3) is 0 Å². The Balaban J connectivity index is 2.57. The lowest BCUT2D eigenvalue weighted by molar-refractivity contribution is 0.0226. The molecule has 0 fully saturated rings. The summed E-state index contributed by atoms with van der Waals surface area (Å²) < 4.78 is 27.1. The summed E-state index contributed by atoms with van der Waals surface area (Å²) in [5, 5.41) is 0. The van der Waals surface area contributed by atoms with Gasteiger partial charge < -0.3 is 0 Å². The molecule has 0 aliphatic heterocycles. The molecule has 0 unspecified atom stereocenters. The highest BCUT2D eigenvalue weighted by atomic mass is 32.1. The second kappa shape index (κ2) is 7.35. The molecule has 0 spiro atoms. The Hall–Kier alpha value is -1.87. The van der Waals surface area contributed by atoms with E-state index in [-0.39, 0.29) is 6.42 Å². The number of rotatable bonds is 5. The SMILES string of the molecule is CC(=S)/C(=C\c1ccc(C)cc1C)c1ccccc1CC(C)(F)F. The van der Waals surface area contributed by atoms with Gasteiger partial charge in [-0.15, -0.1) is 0 Å². The first-order chi connectivity index (χ1) is 11.2. The topological polar surface area (TPSA) is 0 Å². The third kappa shape index (κ3) is 4.81. The van der Waals surface area contributed by atoms with E-state index in [2.05, 4.69) is 6.07 Å². The Labute approximate surface area is 148 Å². The van der Waals surface area contributed by atoms with Gasteiger partial charge in [0.05, 0.1) is 0 Å². The van der Waals surface area contributed by atoms with Crippen molar-refractivity contribution >= 4 is 28.7 Å². The number of halogens is 2. The van der Waals surface area contributed by atoms with E-state index in [1.165, 1.54) is 5.56 Å². The molecule has 2 rings (SSSR count). The van der Waals surface area contributed by atoms with Gasteiger partial charge in [0.1, 0.15) is 0 Å². The molecule has 0 saturated carbocycles. The lowest BCUT2D eigenvalue weighted by atomic mass is 9.92. The highest BCUT2D eigenvalue weighted by Crippen LogP contribution is 2.29. The molecule has 126 valence electrons. The van der Waals surface area contributed by atoms with Crippen molar-refractivity contribution in [3.63, 3.8) is 0 Å². The summed E-state index contributed by atoms with van der Waals surface area (Å²) in [6, 6.07) is 13.5. The van der Waals surface area contributed by atoms with Crippen LogP contribution in [0, 0.1) is 13.8 Å². The van der Waals surface area contributed by atoms with Crippen molar-refractivity contribution in [2.24, 2.45) is 0 Å². The van der Waals surface area contributed by atoms with E-state index < -0.39 is 5.92 Å². The van der Waals surface area contributed by atoms with Gasteiger partial charge in [-0.2, -0.15) is 0 Å². The minimum absolute atomic E-state index is 0.296. The molecule has 0 saturated heterocycles. The van der Waals surface area contributed by atoms with Crippen LogP contribution in [-0.4, -0.2) is 10.8 Å². The quantitative estimate of drug-likeness (QED) is 0.342. The molecule has 0 bridgehead atoms. The van der Waals surface area contributed by atoms with Crippen molar-refractivity contribution in [3.05, 3.63) is 70.3 Å². The minimum atomic E-state index is -2.75. The van der Waals surface area contributed by atoms with Gasteiger partial charge in [0.2, 0.25) is 5.92 Å². The summed E-state index contributed by atoms with van der Waals surface area (Å²) in [7, 11) is 0. The average Bonchev–Trinajstić information content (AvgIpc) is 2.45. The first-order valence-electron chi connectivity index (χ1n) is 7.93. The van der Waals surface area contributed by atoms with Gasteiger partial charge >= 0.3 is 0 Å². The van der Waals surface area contributed by atoms with Crippen molar-refractivity contribution < 1.29 is 8.78 Å². The van der Waals surface area contributed by atoms with Gasteiger partial charge in [-0.3, -0.25) is 0 Å². The largest absolute Gasteiger partial charge is 0.249 e. The third-order valence-corrected chi connectivity index (χ3v) is 4.13. The first-order valence-corrected chi connectivity index (χ1v) is 8.34. The Morgan fingerprint density at radius 2 is 1.79 bits per heavy atom. The van der Waals surface area contributed by atoms with Crippen LogP contribution in [0.15, 0.2) is 42.5 Å². The molecular formula is C21H22F2S. The van der Waals surface area contributed by atoms with E-state index in [9.17, 15) is 8.78 Å². The summed E-state index contributed by atoms with van der Waals surface area (Å²) >= 11 is 5.41. The van der Waals surface area contributed by atoms with E-state index >= 15 is 0 Å². The minimum Gasteiger partial charge on any atom is -0.207 e. The monoisotopic (exact) mass is 344 g/mol. The number of aryl methyl sites for hydroxylation is 2. The second-order valence-corrected chi connectivity index (χ2v) is 6.99. The molecular weight excluding hydrogens is 322 g/mol. The van der Waals surface area contributed by atoms with Crippen molar-refractivity contribution in [1.29, 1.82) is 0 Å². The Morgan fingerprint density at radius 3 is 2.38 bits per heavy atom. The zero-order chi connectivity index (χ0) is 17.9. The fraction of sp³-hybridized carbons (Fsp3) is 0.286. The molecule has 0 N–H and O–H groups in total. The first kappa shape index (κ1) is 18.5. The lowest BCUT2D eigenvalue weighted by Gasteiger charge is -2.16. The Morgan fingerprint density at radius 1 is 1.12 bits per heavy atom. The number of benzene rings is 2. The summed E-state index contributed by atoms with van der Waals surface area (Å²) in [6.07, 6.45) is 1.71. The molecule has 0 radical (unpaired) electrons. The van der Waals surface area contributed by atoms with E-state index in [1.54, 1.807) is 12.1 Å². The molecule has 0 aliphatic carbocycles. The second-order valence-electron chi connectivity index (χ2n) is 6.38. The zero-order valence-electron chi connectivity index (χ0n) is 14.5. The lowest BCUT2D eigenvalue weighted by Crippen LogP contribution is -2.15. The van der Waals surface area contributed by atoms with Crippen LogP contribution in [0.1, 0.15) is 41.7 Å². The molecule has 3 heteroatoms. The number of thiocarbonyl (C=S) groups is 1. The van der Waals surface area contributed by atoms with Gasteiger partial charge in [-0.1, -0.05) is 60.2 Å². The Kier molecular flexibility index (Phi) is 5.66. The summed E-state index contributed by atoms with van der Waals surface area (Å²) in [6.45, 7) is 6.87. The van der Waals surface area contributed by atoms with Crippen LogP contribution >= 0.6 is 12.2 Å². The van der Waals surface area contributed by atoms with E-state index in [0.717, 1.165) is 29.2 Å². The molecule has 0 heterocycles. The maximum atomic E-state index is 13.5. The maximum absolute atomic E-state index is 13.5. The predicted octanol–water partition coefficient (Wildman–Crippen LogP) is 6.43. The molecule has 2 aromatic rings. The van der Waals surface area contributed by atoms with Crippen LogP contribution in [-0.2, 0) is 6.42 Å². The van der Waals surface area contributed by atoms with Crippen LogP contribution in [0.3, 0.4) is 0 Å². The molecule has 0 aromatic heterocycles. The van der Waals surface area contributed by atoms with Gasteiger partial charge in [-0.25, -0.2) is 8.78 Å². The van der Waals surface area contributed by atoms with Crippen LogP contribution in [0.2, 0.25) is 0 Å². The van der Waals surface area contributed by atoms with Crippen LogP contribution in [0.25, 0.3) is 11.6 Å². The van der Waals surface area contributed by atoms with Crippen molar-refractivity contribution in [2.45, 2.75) is 40.0 Å². The molecule has 0 amide bonds. The fourth-order valence-corrected chi connectivity index (χ4v) is 2.95. The molecule has 0 nitrogen and oxygen atoms in total. The molecule has 2 aromatic carbocycles. The van der Waals surface area contributed by atoms with E-state index in [0.29, 0.717) is 10.4 Å². The number of hydrogen-bond donors (Lipinski definition) is 0. The van der Waals surface area contributed by atoms with Gasteiger partial charge in [0.15, 0.2) is 0 Å². The van der Waals surface area contributed by atoms with Gasteiger partial charge in [-0.05, 0) is 61.6 Å². The van der Waals surface area contributed by atoms with Gasteiger partial charge in [0, 0.05) is 11.3 Å². The number of allylic oxidation sites excluding steroid dienone is 1. The van der Waals surface area contributed by atoms with Crippen molar-refractivity contribution in [3.8, 4) is 0 Å². The highest BCUT2D eigenvalue weighted by Gasteiger charge is 2.24. The number of alkyl halides is 2. The molecule has 24 heavy (non-hydrogen) atoms. The molecule has 0 aliphatic rings. The summed E-state index contributed by atoms with van der Waals surface area (Å²) in [5.41, 5.74) is 5.62. The fourth-order valence-electron chi connectivity index (χ4n) is 2.78. The summed E-state index contributed by atoms with van der Waals surface area (Å²) in [5.74, 6) is -2.75. The van der Waals surface area contributed by atoms with E-state index in [4.69, 9.17) is 12.2 Å². The normalized spacial score (nSPS) is 12.3. The highest BCUT2D eigenvalue weighted by molar-refractivity contribution is 7.81. The zero-order valence-corrected chi connectivity index (χ0v) is 15.3. The standard InChI is InChI=1S/C21H22F2S/c1-14-9-10-17(15(2)11-14)12-20(16(3)24)19-8-6-5-7-18(19)13-21(4,22)23/h5-12H,13H2,1-4H3/b20-12+. The average molecular weight is 344 g/mol. The third-order valence-electron chi connectivity index (χ3n) is 3.91. The smallest absolute Gasteiger partial charge is 0.207 e. The van der Waals surface area contributed by atoms with Crippen LogP contribution in [0.4, 0.5) is 8.78 Å².